The summed E-state index contributed by atoms with van der Waals surface area (Å²) in [4.78, 5) is 0. The maximum atomic E-state index is 9.08. The summed E-state index contributed by atoms with van der Waals surface area (Å²) in [5.74, 6) is 0. The Hall–Kier alpha value is 0.340. The largest absolute Gasteiger partial charge is 0.748 e. The van der Waals surface area contributed by atoms with Crippen LogP contribution in [0.5, 0.6) is 0 Å². The predicted octanol–water partition coefficient (Wildman–Crippen LogP) is 8.88. The van der Waals surface area contributed by atoms with Crippen LogP contribution in [0.25, 0.3) is 0 Å². The van der Waals surface area contributed by atoms with Crippen molar-refractivity contribution in [2.24, 2.45) is 0 Å². The zero-order chi connectivity index (χ0) is 23.8. The summed E-state index contributed by atoms with van der Waals surface area (Å²) in [6.45, 7) is 9.53. The lowest BCUT2D eigenvalue weighted by atomic mass is 10.0. The number of rotatable bonds is 21. The molecule has 5 heteroatoms. The second-order valence-corrected chi connectivity index (χ2v) is 15.4. The average Bonchev–Trinajstić information content (AvgIpc) is 2.67. The van der Waals surface area contributed by atoms with Gasteiger partial charge in [0.2, 0.25) is 0 Å². The van der Waals surface area contributed by atoms with Gasteiger partial charge in [-0.15, -0.1) is 0 Å². The molecule has 0 amide bonds. The van der Waals surface area contributed by atoms with Crippen LogP contribution in [0.3, 0.4) is 0 Å². The molecule has 0 aliphatic carbocycles. The minimum atomic E-state index is -3.92. The van der Waals surface area contributed by atoms with Crippen LogP contribution in [0.4, 0.5) is 0 Å². The van der Waals surface area contributed by atoms with Gasteiger partial charge in [-0.25, -0.2) is 8.42 Å². The summed E-state index contributed by atoms with van der Waals surface area (Å²) in [7, 11) is -4.50. The second-order valence-electron chi connectivity index (χ2n) is 9.54. The molecule has 0 radical (unpaired) electrons. The first-order valence-electron chi connectivity index (χ1n) is 13.5. The van der Waals surface area contributed by atoms with Gasteiger partial charge in [0.15, 0.2) is 0 Å². The molecule has 0 heterocycles. The molecule has 0 spiro atoms. The molecule has 0 saturated heterocycles. The second kappa shape index (κ2) is 23.5. The van der Waals surface area contributed by atoms with Gasteiger partial charge in [-0.1, -0.05) is 105 Å². The van der Waals surface area contributed by atoms with Gasteiger partial charge >= 0.3 is 0 Å². The Morgan fingerprint density at radius 1 is 0.484 bits per heavy atom. The Labute approximate surface area is 198 Å². The SMILES string of the molecule is CCCCCCCCCCCCCCCC[P+](CCC)(CCC)CCC.CS(=O)(=O)[O-]. The van der Waals surface area contributed by atoms with Gasteiger partial charge < -0.3 is 4.55 Å². The lowest BCUT2D eigenvalue weighted by molar-refractivity contribution is 0.470. The standard InChI is InChI=1S/C25H54P.CH4O3S/c1-5-9-10-11-12-13-14-15-16-17-18-19-20-21-25-26(22-6-2,23-7-3)24-8-4;1-5(2,3)4/h5-25H2,1-4H3;1H3,(H,2,3,4)/q+1;/p-1. The van der Waals surface area contributed by atoms with Crippen LogP contribution in [0.1, 0.15) is 137 Å². The van der Waals surface area contributed by atoms with Crippen LogP contribution in [0.2, 0.25) is 0 Å². The molecule has 0 aliphatic heterocycles. The molecule has 31 heavy (non-hydrogen) atoms. The molecule has 0 aromatic rings. The van der Waals surface area contributed by atoms with Crippen LogP contribution in [0, 0.1) is 0 Å². The van der Waals surface area contributed by atoms with E-state index in [-0.39, 0.29) is 0 Å². The first kappa shape index (κ1) is 33.5. The normalized spacial score (nSPS) is 11.9. The van der Waals surface area contributed by atoms with E-state index in [2.05, 4.69) is 27.7 Å². The maximum absolute atomic E-state index is 9.08. The van der Waals surface area contributed by atoms with Gasteiger partial charge in [0, 0.05) is 13.5 Å². The first-order chi connectivity index (χ1) is 14.7. The third-order valence-corrected chi connectivity index (χ3v) is 11.5. The number of hydrogen-bond acceptors (Lipinski definition) is 3. The minimum absolute atomic E-state index is 0.581. The van der Waals surface area contributed by atoms with Crippen LogP contribution < -0.4 is 0 Å². The molecule has 0 unspecified atom stereocenters. The topological polar surface area (TPSA) is 57.2 Å². The van der Waals surface area contributed by atoms with E-state index >= 15 is 0 Å². The quantitative estimate of drug-likeness (QED) is 0.0936. The Bertz CT molecular complexity index is 427. The van der Waals surface area contributed by atoms with Crippen molar-refractivity contribution >= 4 is 17.4 Å². The van der Waals surface area contributed by atoms with Gasteiger partial charge in [0.25, 0.3) is 0 Å². The minimum Gasteiger partial charge on any atom is -0.748 e. The van der Waals surface area contributed by atoms with Crippen molar-refractivity contribution in [3.63, 3.8) is 0 Å². The monoisotopic (exact) mass is 480 g/mol. The molecule has 0 rings (SSSR count). The molecule has 3 nitrogen and oxygen atoms in total. The van der Waals surface area contributed by atoms with E-state index in [0.717, 1.165) is 0 Å². The molecule has 0 aromatic heterocycles. The molecular weight excluding hydrogens is 423 g/mol. The van der Waals surface area contributed by atoms with Gasteiger partial charge in [-0.3, -0.25) is 0 Å². The smallest absolute Gasteiger partial charge is 0.0916 e. The first-order valence-corrected chi connectivity index (χ1v) is 17.8. The Morgan fingerprint density at radius 2 is 0.742 bits per heavy atom. The lowest BCUT2D eigenvalue weighted by Crippen LogP contribution is -2.11. The Balaban J connectivity index is 0. The molecule has 0 N–H and O–H groups in total. The third-order valence-electron chi connectivity index (χ3n) is 6.08. The molecule has 0 aliphatic rings. The van der Waals surface area contributed by atoms with E-state index in [4.69, 9.17) is 13.0 Å². The summed E-state index contributed by atoms with van der Waals surface area (Å²) in [5.41, 5.74) is 0. The summed E-state index contributed by atoms with van der Waals surface area (Å²) in [6, 6.07) is 0. The van der Waals surface area contributed by atoms with Crippen molar-refractivity contribution < 1.29 is 13.0 Å². The van der Waals surface area contributed by atoms with E-state index in [0.29, 0.717) is 6.26 Å². The highest BCUT2D eigenvalue weighted by atomic mass is 32.2. The van der Waals surface area contributed by atoms with Crippen LogP contribution in [-0.2, 0) is 10.1 Å². The van der Waals surface area contributed by atoms with E-state index in [1.54, 1.807) is 24.6 Å². The zero-order valence-corrected chi connectivity index (χ0v) is 23.6. The van der Waals surface area contributed by atoms with Crippen molar-refractivity contribution in [1.82, 2.24) is 0 Å². The summed E-state index contributed by atoms with van der Waals surface area (Å²) in [6.07, 6.45) is 32.0. The molecule has 0 saturated carbocycles. The van der Waals surface area contributed by atoms with Crippen molar-refractivity contribution in [2.75, 3.05) is 30.9 Å². The molecular formula is C26H57O3PS. The van der Waals surface area contributed by atoms with E-state index in [9.17, 15) is 0 Å². The lowest BCUT2D eigenvalue weighted by Gasteiger charge is -2.27. The molecule has 0 fully saturated rings. The fraction of sp³-hybridized carbons (Fsp3) is 1.00. The van der Waals surface area contributed by atoms with Gasteiger partial charge in [-0.2, -0.15) is 0 Å². The zero-order valence-electron chi connectivity index (χ0n) is 21.9. The van der Waals surface area contributed by atoms with E-state index in [1.807, 2.05) is 0 Å². The molecule has 0 atom stereocenters. The summed E-state index contributed by atoms with van der Waals surface area (Å²) in [5, 5.41) is 0. The van der Waals surface area contributed by atoms with Gasteiger partial charge in [0.05, 0.1) is 34.8 Å². The van der Waals surface area contributed by atoms with Crippen LogP contribution in [-0.4, -0.2) is 43.9 Å². The molecule has 0 bridgehead atoms. The fourth-order valence-electron chi connectivity index (χ4n) is 4.74. The van der Waals surface area contributed by atoms with Gasteiger partial charge in [0.1, 0.15) is 0 Å². The number of hydrogen-bond donors (Lipinski definition) is 0. The van der Waals surface area contributed by atoms with E-state index in [1.165, 1.54) is 109 Å². The van der Waals surface area contributed by atoms with Crippen LogP contribution >= 0.6 is 7.26 Å². The average molecular weight is 481 g/mol. The number of unbranched alkanes of at least 4 members (excludes halogenated alkanes) is 13. The van der Waals surface area contributed by atoms with Gasteiger partial charge in [-0.05, 0) is 32.1 Å². The predicted molar refractivity (Wildman–Crippen MR) is 143 cm³/mol. The highest BCUT2D eigenvalue weighted by Gasteiger charge is 2.33. The highest BCUT2D eigenvalue weighted by Crippen LogP contribution is 2.60. The summed E-state index contributed by atoms with van der Waals surface area (Å²) < 4.78 is 27.2. The maximum Gasteiger partial charge on any atom is 0.0916 e. The third kappa shape index (κ3) is 28.3. The molecule has 190 valence electrons. The van der Waals surface area contributed by atoms with Crippen molar-refractivity contribution in [3.05, 3.63) is 0 Å². The van der Waals surface area contributed by atoms with E-state index < -0.39 is 17.4 Å². The van der Waals surface area contributed by atoms with Crippen molar-refractivity contribution in [2.45, 2.75) is 137 Å². The molecule has 0 aromatic carbocycles. The van der Waals surface area contributed by atoms with Crippen molar-refractivity contribution in [3.8, 4) is 0 Å². The summed E-state index contributed by atoms with van der Waals surface area (Å²) >= 11 is 0. The highest BCUT2D eigenvalue weighted by molar-refractivity contribution is 7.84. The van der Waals surface area contributed by atoms with Crippen molar-refractivity contribution in [1.29, 1.82) is 0 Å². The van der Waals surface area contributed by atoms with Crippen LogP contribution in [0.15, 0.2) is 0 Å². The fourth-order valence-corrected chi connectivity index (χ4v) is 9.82. The Morgan fingerprint density at radius 3 is 1.00 bits per heavy atom. The Kier molecular flexibility index (Phi) is 25.4.